The zero-order chi connectivity index (χ0) is 20.9. The van der Waals surface area contributed by atoms with Crippen LogP contribution in [0.15, 0.2) is 16.9 Å². The second-order valence-corrected chi connectivity index (χ2v) is 7.34. The van der Waals surface area contributed by atoms with Crippen molar-refractivity contribution in [3.63, 3.8) is 0 Å². The number of ether oxygens (including phenoxy) is 2. The molecule has 2 aliphatic rings. The summed E-state index contributed by atoms with van der Waals surface area (Å²) in [5.74, 6) is -1.71. The van der Waals surface area contributed by atoms with E-state index in [4.69, 9.17) is 16.3 Å². The SMILES string of the molecule is COC(=O)CN1C(=O)[C@H](C)Oc2cc(F)c(-c3c(Cl)n4n(c3=O)CCCC4)cc21. The molecule has 2 aromatic rings. The van der Waals surface area contributed by atoms with Gasteiger partial charge in [0.25, 0.3) is 11.5 Å². The number of esters is 1. The Labute approximate surface area is 170 Å². The van der Waals surface area contributed by atoms with Crippen molar-refractivity contribution >= 4 is 29.2 Å². The van der Waals surface area contributed by atoms with E-state index in [0.717, 1.165) is 18.9 Å². The van der Waals surface area contributed by atoms with E-state index in [9.17, 15) is 18.8 Å². The van der Waals surface area contributed by atoms with Crippen LogP contribution in [-0.4, -0.2) is 41.0 Å². The summed E-state index contributed by atoms with van der Waals surface area (Å²) in [5, 5.41) is 0.143. The van der Waals surface area contributed by atoms with Crippen LogP contribution in [0.1, 0.15) is 19.8 Å². The van der Waals surface area contributed by atoms with Crippen LogP contribution in [-0.2, 0) is 27.4 Å². The quantitative estimate of drug-likeness (QED) is 0.707. The number of anilines is 1. The van der Waals surface area contributed by atoms with E-state index in [1.807, 2.05) is 0 Å². The summed E-state index contributed by atoms with van der Waals surface area (Å²) in [6, 6.07) is 2.43. The molecule has 0 radical (unpaired) electrons. The van der Waals surface area contributed by atoms with E-state index in [0.29, 0.717) is 13.1 Å². The summed E-state index contributed by atoms with van der Waals surface area (Å²) in [6.45, 7) is 2.21. The number of carbonyl (C=O) groups is 2. The smallest absolute Gasteiger partial charge is 0.325 e. The molecular formula is C19H19ClFN3O5. The van der Waals surface area contributed by atoms with Gasteiger partial charge in [0.1, 0.15) is 23.3 Å². The third kappa shape index (κ3) is 3.09. The van der Waals surface area contributed by atoms with E-state index in [1.54, 1.807) is 4.68 Å². The normalized spacial score (nSPS) is 18.1. The van der Waals surface area contributed by atoms with Crippen molar-refractivity contribution in [3.8, 4) is 16.9 Å². The number of amides is 1. The zero-order valence-corrected chi connectivity index (χ0v) is 16.7. The van der Waals surface area contributed by atoms with Crippen molar-refractivity contribution in [3.05, 3.63) is 33.5 Å². The van der Waals surface area contributed by atoms with Crippen molar-refractivity contribution in [1.82, 2.24) is 9.36 Å². The number of rotatable bonds is 3. The zero-order valence-electron chi connectivity index (χ0n) is 15.9. The first-order chi connectivity index (χ1) is 13.8. The molecule has 29 heavy (non-hydrogen) atoms. The molecular weight excluding hydrogens is 405 g/mol. The molecule has 1 atom stereocenters. The maximum atomic E-state index is 15.0. The largest absolute Gasteiger partial charge is 0.479 e. The highest BCUT2D eigenvalue weighted by molar-refractivity contribution is 6.32. The van der Waals surface area contributed by atoms with Gasteiger partial charge in [-0.05, 0) is 25.8 Å². The van der Waals surface area contributed by atoms with Crippen LogP contribution >= 0.6 is 11.6 Å². The van der Waals surface area contributed by atoms with Gasteiger partial charge in [0.05, 0.1) is 18.4 Å². The van der Waals surface area contributed by atoms with Gasteiger partial charge in [0.15, 0.2) is 6.10 Å². The topological polar surface area (TPSA) is 82.8 Å². The molecule has 1 amide bonds. The monoisotopic (exact) mass is 423 g/mol. The van der Waals surface area contributed by atoms with E-state index in [1.165, 1.54) is 29.7 Å². The summed E-state index contributed by atoms with van der Waals surface area (Å²) < 4.78 is 28.3. The van der Waals surface area contributed by atoms with Crippen LogP contribution < -0.4 is 15.2 Å². The predicted molar refractivity (Wildman–Crippen MR) is 103 cm³/mol. The summed E-state index contributed by atoms with van der Waals surface area (Å²) in [7, 11) is 1.21. The number of hydrogen-bond donors (Lipinski definition) is 0. The number of halogens is 2. The fourth-order valence-corrected chi connectivity index (χ4v) is 4.09. The van der Waals surface area contributed by atoms with Crippen LogP contribution in [0, 0.1) is 5.82 Å². The van der Waals surface area contributed by atoms with Crippen LogP contribution in [0.5, 0.6) is 5.75 Å². The lowest BCUT2D eigenvalue weighted by atomic mass is 10.0. The predicted octanol–water partition coefficient (Wildman–Crippen LogP) is 2.19. The van der Waals surface area contributed by atoms with Gasteiger partial charge in [0, 0.05) is 24.7 Å². The molecule has 0 unspecified atom stereocenters. The molecule has 0 aliphatic carbocycles. The summed E-state index contributed by atoms with van der Waals surface area (Å²) >= 11 is 6.42. The molecule has 0 spiro atoms. The number of fused-ring (bicyclic) bond motifs is 2. The maximum Gasteiger partial charge on any atom is 0.325 e. The van der Waals surface area contributed by atoms with Crippen molar-refractivity contribution in [2.75, 3.05) is 18.6 Å². The third-order valence-corrected chi connectivity index (χ3v) is 5.59. The van der Waals surface area contributed by atoms with Gasteiger partial charge in [0.2, 0.25) is 0 Å². The molecule has 3 heterocycles. The molecule has 10 heteroatoms. The molecule has 0 fully saturated rings. The lowest BCUT2D eigenvalue weighted by molar-refractivity contribution is -0.140. The summed E-state index contributed by atoms with van der Waals surface area (Å²) in [5.41, 5.74) is -0.240. The van der Waals surface area contributed by atoms with Gasteiger partial charge in [-0.3, -0.25) is 24.0 Å². The highest BCUT2D eigenvalue weighted by Crippen LogP contribution is 2.40. The fourth-order valence-electron chi connectivity index (χ4n) is 3.73. The molecule has 0 saturated carbocycles. The van der Waals surface area contributed by atoms with Gasteiger partial charge >= 0.3 is 5.97 Å². The van der Waals surface area contributed by atoms with E-state index in [-0.39, 0.29) is 34.3 Å². The second kappa shape index (κ2) is 7.22. The minimum Gasteiger partial charge on any atom is -0.479 e. The average molecular weight is 424 g/mol. The standard InChI is InChI=1S/C19H19ClFN3O5/c1-10-18(26)22(9-15(25)28-2)13-7-11(12(21)8-14(13)29-10)16-17(20)23-5-3-4-6-24(23)19(16)27/h7-8,10H,3-6,9H2,1-2H3/t10-/m0/s1. The van der Waals surface area contributed by atoms with Crippen LogP contribution in [0.3, 0.4) is 0 Å². The lowest BCUT2D eigenvalue weighted by Gasteiger charge is -2.32. The molecule has 1 aromatic carbocycles. The molecule has 1 aromatic heterocycles. The first-order valence-corrected chi connectivity index (χ1v) is 9.59. The van der Waals surface area contributed by atoms with Gasteiger partial charge in [-0.15, -0.1) is 0 Å². The molecule has 0 bridgehead atoms. The first kappa shape index (κ1) is 19.5. The second-order valence-electron chi connectivity index (χ2n) is 6.98. The minimum atomic E-state index is -0.895. The number of nitrogens with zero attached hydrogens (tertiary/aromatic N) is 3. The third-order valence-electron chi connectivity index (χ3n) is 5.20. The van der Waals surface area contributed by atoms with Crippen molar-refractivity contribution in [1.29, 1.82) is 0 Å². The Hall–Kier alpha value is -2.81. The summed E-state index contributed by atoms with van der Waals surface area (Å²) in [4.78, 5) is 38.4. The Balaban J connectivity index is 1.88. The molecule has 2 aliphatic heterocycles. The Bertz CT molecular complexity index is 1080. The number of methoxy groups -OCH3 is 1. The van der Waals surface area contributed by atoms with E-state index >= 15 is 0 Å². The van der Waals surface area contributed by atoms with E-state index in [2.05, 4.69) is 4.74 Å². The van der Waals surface area contributed by atoms with Crippen LogP contribution in [0.4, 0.5) is 10.1 Å². The van der Waals surface area contributed by atoms with Gasteiger partial charge in [-0.2, -0.15) is 0 Å². The maximum absolute atomic E-state index is 15.0. The Morgan fingerprint density at radius 1 is 1.28 bits per heavy atom. The van der Waals surface area contributed by atoms with Crippen LogP contribution in [0.2, 0.25) is 5.15 Å². The highest BCUT2D eigenvalue weighted by atomic mass is 35.5. The lowest BCUT2D eigenvalue weighted by Crippen LogP contribution is -2.47. The summed E-state index contributed by atoms with van der Waals surface area (Å²) in [6.07, 6.45) is 0.806. The Morgan fingerprint density at radius 2 is 1.97 bits per heavy atom. The molecule has 0 saturated heterocycles. The number of carbonyl (C=O) groups excluding carboxylic acids is 2. The number of hydrogen-bond acceptors (Lipinski definition) is 5. The van der Waals surface area contributed by atoms with Crippen molar-refractivity contribution < 1.29 is 23.5 Å². The van der Waals surface area contributed by atoms with Gasteiger partial charge in [-0.25, -0.2) is 9.07 Å². The Morgan fingerprint density at radius 3 is 2.62 bits per heavy atom. The molecule has 8 nitrogen and oxygen atoms in total. The minimum absolute atomic E-state index is 0.0259. The van der Waals surface area contributed by atoms with Crippen molar-refractivity contribution in [2.45, 2.75) is 39.0 Å². The fraction of sp³-hybridized carbons (Fsp3) is 0.421. The molecule has 0 N–H and O–H groups in total. The highest BCUT2D eigenvalue weighted by Gasteiger charge is 2.35. The number of benzene rings is 1. The van der Waals surface area contributed by atoms with Crippen LogP contribution in [0.25, 0.3) is 11.1 Å². The molecule has 4 rings (SSSR count). The average Bonchev–Trinajstić information content (AvgIpc) is 2.96. The number of aromatic nitrogens is 2. The first-order valence-electron chi connectivity index (χ1n) is 9.21. The molecule has 154 valence electrons. The Kier molecular flexibility index (Phi) is 4.85. The van der Waals surface area contributed by atoms with Gasteiger partial charge < -0.3 is 9.47 Å². The van der Waals surface area contributed by atoms with E-state index < -0.39 is 29.4 Å². The van der Waals surface area contributed by atoms with Crippen molar-refractivity contribution in [2.24, 2.45) is 0 Å². The van der Waals surface area contributed by atoms with Gasteiger partial charge in [-0.1, -0.05) is 11.6 Å².